The molecule has 5 rings (SSSR count). The second-order valence-electron chi connectivity index (χ2n) is 9.93. The number of allylic oxidation sites excluding steroid dienone is 3. The van der Waals surface area contributed by atoms with Gasteiger partial charge >= 0.3 is 5.97 Å². The first-order valence-electron chi connectivity index (χ1n) is 12.8. The standard InChI is InChI=1S/C31H30FN3O3/c1-19(24-10-6-8-23(30(24)32)13-14-29(36)37)17-28-33-26(18-27(34(28)3)22-11-12-22)31(38)35-16-15-21-7-4-5-9-25(21)20(35)2/h4-10,13-14,17-18,20,22H,1,11-12,15-16H2,2-3H3,(H,36,37)/b14-13+,28-17-. The number of rotatable bonds is 6. The molecule has 6 nitrogen and oxygen atoms in total. The van der Waals surface area contributed by atoms with E-state index >= 15 is 4.39 Å². The molecule has 2 aromatic carbocycles. The van der Waals surface area contributed by atoms with Crippen LogP contribution < -0.4 is 0 Å². The van der Waals surface area contributed by atoms with Crippen molar-refractivity contribution in [1.29, 1.82) is 0 Å². The number of benzene rings is 2. The Morgan fingerprint density at radius 3 is 2.66 bits per heavy atom. The Bertz CT molecular complexity index is 1450. The molecule has 2 aromatic rings. The maximum atomic E-state index is 15.2. The van der Waals surface area contributed by atoms with Crippen molar-refractivity contribution in [2.75, 3.05) is 13.6 Å². The molecule has 1 amide bonds. The van der Waals surface area contributed by atoms with Crippen LogP contribution in [0.3, 0.4) is 0 Å². The highest BCUT2D eigenvalue weighted by molar-refractivity contribution is 6.44. The van der Waals surface area contributed by atoms with Gasteiger partial charge in [-0.1, -0.05) is 49.0 Å². The van der Waals surface area contributed by atoms with Gasteiger partial charge in [0.2, 0.25) is 0 Å². The highest BCUT2D eigenvalue weighted by atomic mass is 19.1. The van der Waals surface area contributed by atoms with Gasteiger partial charge in [0.05, 0.1) is 6.04 Å². The van der Waals surface area contributed by atoms with E-state index in [1.54, 1.807) is 18.2 Å². The first kappa shape index (κ1) is 25.4. The maximum absolute atomic E-state index is 15.2. The van der Waals surface area contributed by atoms with Crippen LogP contribution in [0.5, 0.6) is 0 Å². The number of hydrogen-bond donors (Lipinski definition) is 1. The molecule has 3 aliphatic rings. The summed E-state index contributed by atoms with van der Waals surface area (Å²) in [6.07, 6.45) is 8.58. The summed E-state index contributed by atoms with van der Waals surface area (Å²) >= 11 is 0. The third kappa shape index (κ3) is 4.96. The van der Waals surface area contributed by atoms with Gasteiger partial charge in [0.15, 0.2) is 0 Å². The Morgan fingerprint density at radius 2 is 1.92 bits per heavy atom. The van der Waals surface area contributed by atoms with Crippen LogP contribution in [0.4, 0.5) is 4.39 Å². The van der Waals surface area contributed by atoms with Gasteiger partial charge in [-0.15, -0.1) is 0 Å². The van der Waals surface area contributed by atoms with Crippen molar-refractivity contribution in [3.8, 4) is 0 Å². The van der Waals surface area contributed by atoms with Gasteiger partial charge < -0.3 is 14.9 Å². The first-order chi connectivity index (χ1) is 18.2. The Morgan fingerprint density at radius 1 is 1.16 bits per heavy atom. The van der Waals surface area contributed by atoms with Crippen molar-refractivity contribution >= 4 is 29.2 Å². The fraction of sp³-hybridized carbons (Fsp3) is 0.258. The van der Waals surface area contributed by atoms with Crippen molar-refractivity contribution in [1.82, 2.24) is 9.80 Å². The number of hydrogen-bond acceptors (Lipinski definition) is 4. The summed E-state index contributed by atoms with van der Waals surface area (Å²) in [5.74, 6) is -0.975. The third-order valence-corrected chi connectivity index (χ3v) is 7.40. The molecule has 0 spiro atoms. The Balaban J connectivity index is 1.47. The number of aliphatic imine (C=N–C) groups is 1. The molecule has 1 atom stereocenters. The molecule has 0 saturated heterocycles. The molecule has 0 radical (unpaired) electrons. The topological polar surface area (TPSA) is 73.2 Å². The van der Waals surface area contributed by atoms with Crippen LogP contribution in [0, 0.1) is 11.7 Å². The highest BCUT2D eigenvalue weighted by Gasteiger charge is 2.35. The number of fused-ring (bicyclic) bond motifs is 1. The predicted octanol–water partition coefficient (Wildman–Crippen LogP) is 5.60. The molecule has 1 aliphatic carbocycles. The lowest BCUT2D eigenvalue weighted by atomic mass is 9.93. The van der Waals surface area contributed by atoms with E-state index in [0.717, 1.165) is 36.6 Å². The normalized spacial score (nSPS) is 20.3. The van der Waals surface area contributed by atoms with Crippen molar-refractivity contribution in [2.24, 2.45) is 10.9 Å². The SMILES string of the molecule is C=C(/C=C1/N=C(C(=O)N2CCc3ccccc3C2C)C=C(C2CC2)N1C)c1cccc(/C=C/C(=O)O)c1F. The van der Waals surface area contributed by atoms with Crippen LogP contribution in [-0.4, -0.2) is 46.1 Å². The monoisotopic (exact) mass is 511 g/mol. The van der Waals surface area contributed by atoms with Crippen molar-refractivity contribution in [2.45, 2.75) is 32.2 Å². The van der Waals surface area contributed by atoms with Crippen LogP contribution in [-0.2, 0) is 16.0 Å². The van der Waals surface area contributed by atoms with Crippen LogP contribution in [0.2, 0.25) is 0 Å². The van der Waals surface area contributed by atoms with Gasteiger partial charge in [0.1, 0.15) is 17.3 Å². The Hall–Kier alpha value is -4.26. The molecule has 1 unspecified atom stereocenters. The number of carbonyl (C=O) groups is 2. The number of carboxylic acid groups (broad SMARTS) is 1. The van der Waals surface area contributed by atoms with E-state index in [0.29, 0.717) is 29.6 Å². The quantitative estimate of drug-likeness (QED) is 0.512. The highest BCUT2D eigenvalue weighted by Crippen LogP contribution is 2.41. The average molecular weight is 512 g/mol. The summed E-state index contributed by atoms with van der Waals surface area (Å²) in [6.45, 7) is 6.73. The molecule has 7 heteroatoms. The van der Waals surface area contributed by atoms with Crippen LogP contribution in [0.15, 0.2) is 83.8 Å². The fourth-order valence-corrected chi connectivity index (χ4v) is 5.13. The largest absolute Gasteiger partial charge is 0.478 e. The van der Waals surface area contributed by atoms with E-state index in [4.69, 9.17) is 10.1 Å². The van der Waals surface area contributed by atoms with Crippen molar-refractivity contribution < 1.29 is 19.1 Å². The number of nitrogens with zero attached hydrogens (tertiary/aromatic N) is 3. The second-order valence-corrected chi connectivity index (χ2v) is 9.93. The van der Waals surface area contributed by atoms with Gasteiger partial charge in [0.25, 0.3) is 5.91 Å². The molecule has 1 N–H and O–H groups in total. The summed E-state index contributed by atoms with van der Waals surface area (Å²) in [6, 6.07) is 12.9. The molecule has 0 bridgehead atoms. The minimum absolute atomic E-state index is 0.0642. The van der Waals surface area contributed by atoms with Crippen molar-refractivity contribution in [3.63, 3.8) is 0 Å². The number of carboxylic acids is 1. The van der Waals surface area contributed by atoms with E-state index in [9.17, 15) is 9.59 Å². The Labute approximate surface area is 221 Å². The first-order valence-corrected chi connectivity index (χ1v) is 12.8. The number of amides is 1. The molecule has 194 valence electrons. The smallest absolute Gasteiger partial charge is 0.328 e. The minimum atomic E-state index is -1.16. The molecule has 1 fully saturated rings. The van der Waals surface area contributed by atoms with Crippen LogP contribution in [0.1, 0.15) is 48.1 Å². The number of halogens is 1. The second kappa shape index (κ2) is 10.2. The zero-order valence-electron chi connectivity index (χ0n) is 21.5. The summed E-state index contributed by atoms with van der Waals surface area (Å²) in [4.78, 5) is 33.2. The molecule has 0 aromatic heterocycles. The zero-order chi connectivity index (χ0) is 27.0. The molecular formula is C31H30FN3O3. The minimum Gasteiger partial charge on any atom is -0.478 e. The van der Waals surface area contributed by atoms with Gasteiger partial charge in [0, 0.05) is 36.5 Å². The van der Waals surface area contributed by atoms with Crippen molar-refractivity contribution in [3.05, 3.63) is 107 Å². The van der Waals surface area contributed by atoms with Crippen LogP contribution in [0.25, 0.3) is 11.6 Å². The zero-order valence-corrected chi connectivity index (χ0v) is 21.5. The lowest BCUT2D eigenvalue weighted by Crippen LogP contribution is -2.43. The molecule has 38 heavy (non-hydrogen) atoms. The summed E-state index contributed by atoms with van der Waals surface area (Å²) < 4.78 is 15.2. The number of carbonyl (C=O) groups excluding carboxylic acids is 1. The summed E-state index contributed by atoms with van der Waals surface area (Å²) in [7, 11) is 1.90. The van der Waals surface area contributed by atoms with E-state index in [1.807, 2.05) is 42.0 Å². The van der Waals surface area contributed by atoms with E-state index in [2.05, 4.69) is 18.7 Å². The van der Waals surface area contributed by atoms with Gasteiger partial charge in [-0.2, -0.15) is 0 Å². The van der Waals surface area contributed by atoms with Gasteiger partial charge in [-0.25, -0.2) is 14.2 Å². The van der Waals surface area contributed by atoms with Gasteiger partial charge in [-0.3, -0.25) is 4.79 Å². The molecular weight excluding hydrogens is 481 g/mol. The lowest BCUT2D eigenvalue weighted by Gasteiger charge is -2.36. The fourth-order valence-electron chi connectivity index (χ4n) is 5.13. The lowest BCUT2D eigenvalue weighted by molar-refractivity contribution is -0.131. The van der Waals surface area contributed by atoms with E-state index in [1.165, 1.54) is 17.7 Å². The van der Waals surface area contributed by atoms with E-state index in [-0.39, 0.29) is 23.1 Å². The van der Waals surface area contributed by atoms with Crippen LogP contribution >= 0.6 is 0 Å². The third-order valence-electron chi connectivity index (χ3n) is 7.40. The average Bonchev–Trinajstić information content (AvgIpc) is 3.74. The number of aliphatic carboxylic acids is 1. The maximum Gasteiger partial charge on any atom is 0.328 e. The molecule has 2 aliphatic heterocycles. The Kier molecular flexibility index (Phi) is 6.85. The predicted molar refractivity (Wildman–Crippen MR) is 146 cm³/mol. The summed E-state index contributed by atoms with van der Waals surface area (Å²) in [5.41, 5.74) is 4.58. The summed E-state index contributed by atoms with van der Waals surface area (Å²) in [5, 5.41) is 8.90. The molecule has 2 heterocycles. The molecule has 1 saturated carbocycles. The van der Waals surface area contributed by atoms with Gasteiger partial charge in [-0.05, 0) is 67.0 Å². The van der Waals surface area contributed by atoms with E-state index < -0.39 is 11.8 Å².